The molecule has 1 saturated heterocycles. The molecule has 0 aromatic rings. The Morgan fingerprint density at radius 3 is 2.88 bits per heavy atom. The number of carbonyl (C=O) groups is 2. The maximum Gasteiger partial charge on any atom is 0.317 e. The average molecular weight is 230 g/mol. The zero-order chi connectivity index (χ0) is 12.0. The van der Waals surface area contributed by atoms with Gasteiger partial charge < -0.3 is 20.1 Å². The first-order valence-corrected chi connectivity index (χ1v) is 5.40. The van der Waals surface area contributed by atoms with Crippen molar-refractivity contribution in [1.82, 2.24) is 10.2 Å². The molecular weight excluding hydrogens is 212 g/mol. The lowest BCUT2D eigenvalue weighted by Crippen LogP contribution is -2.46. The number of nitrogens with one attached hydrogen (secondary N) is 1. The third-order valence-electron chi connectivity index (χ3n) is 2.50. The molecule has 16 heavy (non-hydrogen) atoms. The molecule has 1 aliphatic heterocycles. The van der Waals surface area contributed by atoms with Crippen LogP contribution in [0.5, 0.6) is 0 Å². The number of hydrogen-bond donors (Lipinski definition) is 2. The third kappa shape index (κ3) is 4.48. The van der Waals surface area contributed by atoms with E-state index in [2.05, 4.69) is 5.32 Å². The van der Waals surface area contributed by atoms with Crippen LogP contribution in [0.1, 0.15) is 19.3 Å². The molecule has 1 heterocycles. The minimum absolute atomic E-state index is 0.0366. The van der Waals surface area contributed by atoms with Crippen LogP contribution in [0.2, 0.25) is 0 Å². The first-order valence-electron chi connectivity index (χ1n) is 5.40. The largest absolute Gasteiger partial charge is 0.481 e. The normalized spacial score (nSPS) is 20.2. The van der Waals surface area contributed by atoms with Crippen LogP contribution in [0, 0.1) is 0 Å². The lowest BCUT2D eigenvalue weighted by Gasteiger charge is -2.26. The maximum atomic E-state index is 11.6. The molecule has 1 rings (SSSR count). The Hall–Kier alpha value is -1.30. The summed E-state index contributed by atoms with van der Waals surface area (Å²) < 4.78 is 5.23. The van der Waals surface area contributed by atoms with Crippen LogP contribution in [-0.2, 0) is 9.53 Å². The van der Waals surface area contributed by atoms with Crippen molar-refractivity contribution in [3.63, 3.8) is 0 Å². The van der Waals surface area contributed by atoms with E-state index in [0.29, 0.717) is 6.61 Å². The van der Waals surface area contributed by atoms with E-state index in [4.69, 9.17) is 9.84 Å². The summed E-state index contributed by atoms with van der Waals surface area (Å²) in [5, 5.41) is 11.3. The van der Waals surface area contributed by atoms with E-state index < -0.39 is 5.97 Å². The van der Waals surface area contributed by atoms with Gasteiger partial charge in [-0.25, -0.2) is 4.79 Å². The first-order chi connectivity index (χ1) is 7.59. The highest BCUT2D eigenvalue weighted by atomic mass is 16.5. The quantitative estimate of drug-likeness (QED) is 0.727. The van der Waals surface area contributed by atoms with Crippen LogP contribution in [-0.4, -0.2) is 54.9 Å². The van der Waals surface area contributed by atoms with Gasteiger partial charge in [-0.15, -0.1) is 0 Å². The lowest BCUT2D eigenvalue weighted by molar-refractivity contribution is -0.137. The van der Waals surface area contributed by atoms with Crippen molar-refractivity contribution in [1.29, 1.82) is 0 Å². The molecule has 1 fully saturated rings. The van der Waals surface area contributed by atoms with Gasteiger partial charge in [-0.05, 0) is 12.8 Å². The fourth-order valence-corrected chi connectivity index (χ4v) is 1.50. The van der Waals surface area contributed by atoms with E-state index in [0.717, 1.165) is 19.4 Å². The molecule has 2 N–H and O–H groups in total. The van der Waals surface area contributed by atoms with Gasteiger partial charge in [0.25, 0.3) is 0 Å². The maximum absolute atomic E-state index is 11.6. The van der Waals surface area contributed by atoms with Crippen molar-refractivity contribution >= 4 is 12.0 Å². The number of urea groups is 1. The Kier molecular flexibility index (Phi) is 5.04. The van der Waals surface area contributed by atoms with Gasteiger partial charge in [-0.3, -0.25) is 4.79 Å². The Labute approximate surface area is 94.6 Å². The standard InChI is InChI=1S/C10H18N2O4/c1-12(5-4-9(13)14)10(15)11-8-3-2-6-16-7-8/h8H,2-7H2,1H3,(H,11,15)(H,13,14). The van der Waals surface area contributed by atoms with E-state index in [9.17, 15) is 9.59 Å². The lowest BCUT2D eigenvalue weighted by atomic mass is 10.1. The smallest absolute Gasteiger partial charge is 0.317 e. The van der Waals surface area contributed by atoms with E-state index in [1.807, 2.05) is 0 Å². The van der Waals surface area contributed by atoms with Crippen LogP contribution in [0.3, 0.4) is 0 Å². The van der Waals surface area contributed by atoms with Gasteiger partial charge in [0.15, 0.2) is 0 Å². The molecule has 1 atom stereocenters. The van der Waals surface area contributed by atoms with Crippen molar-refractivity contribution in [3.05, 3.63) is 0 Å². The van der Waals surface area contributed by atoms with Crippen molar-refractivity contribution in [2.24, 2.45) is 0 Å². The van der Waals surface area contributed by atoms with E-state index in [1.54, 1.807) is 7.05 Å². The van der Waals surface area contributed by atoms with Crippen LogP contribution < -0.4 is 5.32 Å². The van der Waals surface area contributed by atoms with Crippen molar-refractivity contribution < 1.29 is 19.4 Å². The van der Waals surface area contributed by atoms with E-state index >= 15 is 0 Å². The van der Waals surface area contributed by atoms with Gasteiger partial charge in [0.05, 0.1) is 19.1 Å². The number of hydrogen-bond acceptors (Lipinski definition) is 3. The van der Waals surface area contributed by atoms with Gasteiger partial charge in [-0.1, -0.05) is 0 Å². The summed E-state index contributed by atoms with van der Waals surface area (Å²) in [5.41, 5.74) is 0. The minimum Gasteiger partial charge on any atom is -0.481 e. The van der Waals surface area contributed by atoms with Gasteiger partial charge in [-0.2, -0.15) is 0 Å². The van der Waals surface area contributed by atoms with E-state index in [-0.39, 0.29) is 25.0 Å². The molecule has 6 heteroatoms. The zero-order valence-electron chi connectivity index (χ0n) is 9.44. The zero-order valence-corrected chi connectivity index (χ0v) is 9.44. The van der Waals surface area contributed by atoms with Gasteiger partial charge in [0, 0.05) is 20.2 Å². The van der Waals surface area contributed by atoms with Crippen molar-refractivity contribution in [3.8, 4) is 0 Å². The summed E-state index contributed by atoms with van der Waals surface area (Å²) in [6, 6.07) is -0.190. The minimum atomic E-state index is -0.902. The molecule has 1 aliphatic rings. The molecule has 6 nitrogen and oxygen atoms in total. The molecular formula is C10H18N2O4. The fourth-order valence-electron chi connectivity index (χ4n) is 1.50. The third-order valence-corrected chi connectivity index (χ3v) is 2.50. The molecule has 1 unspecified atom stereocenters. The predicted molar refractivity (Wildman–Crippen MR) is 57.3 cm³/mol. The SMILES string of the molecule is CN(CCC(=O)O)C(=O)NC1CCCOC1. The van der Waals surface area contributed by atoms with Crippen LogP contribution in [0.4, 0.5) is 4.79 Å². The molecule has 0 radical (unpaired) electrons. The Balaban J connectivity index is 2.24. The number of amides is 2. The van der Waals surface area contributed by atoms with Crippen molar-refractivity contribution in [2.45, 2.75) is 25.3 Å². The predicted octanol–water partition coefficient (Wildman–Crippen LogP) is 0.281. The summed E-state index contributed by atoms with van der Waals surface area (Å²) in [5.74, 6) is -0.902. The molecule has 0 bridgehead atoms. The van der Waals surface area contributed by atoms with Crippen LogP contribution >= 0.6 is 0 Å². The van der Waals surface area contributed by atoms with Crippen LogP contribution in [0.15, 0.2) is 0 Å². The molecule has 0 aliphatic carbocycles. The monoisotopic (exact) mass is 230 g/mol. The number of ether oxygens (including phenoxy) is 1. The number of carboxylic acids is 1. The number of rotatable bonds is 4. The van der Waals surface area contributed by atoms with Gasteiger partial charge >= 0.3 is 12.0 Å². The summed E-state index contributed by atoms with van der Waals surface area (Å²) >= 11 is 0. The molecule has 2 amide bonds. The summed E-state index contributed by atoms with van der Waals surface area (Å²) in [6.45, 7) is 1.51. The topological polar surface area (TPSA) is 78.9 Å². The number of carboxylic acid groups (broad SMARTS) is 1. The average Bonchev–Trinajstić information content (AvgIpc) is 2.27. The molecule has 0 aromatic heterocycles. The summed E-state index contributed by atoms with van der Waals surface area (Å²) in [4.78, 5) is 23.3. The first kappa shape index (κ1) is 12.8. The Morgan fingerprint density at radius 2 is 2.31 bits per heavy atom. The second-order valence-corrected chi connectivity index (χ2v) is 3.93. The second kappa shape index (κ2) is 6.32. The number of aliphatic carboxylic acids is 1. The van der Waals surface area contributed by atoms with Crippen molar-refractivity contribution in [2.75, 3.05) is 26.8 Å². The van der Waals surface area contributed by atoms with Gasteiger partial charge in [0.1, 0.15) is 0 Å². The highest BCUT2D eigenvalue weighted by Gasteiger charge is 2.18. The molecule has 0 spiro atoms. The fraction of sp³-hybridized carbons (Fsp3) is 0.800. The number of carbonyl (C=O) groups excluding carboxylic acids is 1. The molecule has 0 saturated carbocycles. The summed E-state index contributed by atoms with van der Waals surface area (Å²) in [7, 11) is 1.59. The highest BCUT2D eigenvalue weighted by Crippen LogP contribution is 2.06. The Morgan fingerprint density at radius 1 is 1.56 bits per heavy atom. The molecule has 92 valence electrons. The summed E-state index contributed by atoms with van der Waals surface area (Å²) in [6.07, 6.45) is 1.83. The Bertz CT molecular complexity index is 251. The van der Waals surface area contributed by atoms with Gasteiger partial charge in [0.2, 0.25) is 0 Å². The van der Waals surface area contributed by atoms with E-state index in [1.165, 1.54) is 4.90 Å². The number of nitrogens with zero attached hydrogens (tertiary/aromatic N) is 1. The van der Waals surface area contributed by atoms with Crippen LogP contribution in [0.25, 0.3) is 0 Å². The second-order valence-electron chi connectivity index (χ2n) is 3.93. The molecule has 0 aromatic carbocycles. The highest BCUT2D eigenvalue weighted by molar-refractivity contribution is 5.75.